The molecule has 0 aliphatic rings. The molecule has 59 heavy (non-hydrogen) atoms. The molecule has 0 aromatic heterocycles. The van der Waals surface area contributed by atoms with Crippen LogP contribution in [0.1, 0.15) is 167 Å². The van der Waals surface area contributed by atoms with Crippen LogP contribution in [0, 0.1) is 0 Å². The van der Waals surface area contributed by atoms with Crippen LogP contribution in [0.5, 0.6) is 0 Å². The average molecular weight is 842 g/mol. The van der Waals surface area contributed by atoms with Crippen LogP contribution in [0.15, 0.2) is 0 Å². The summed E-state index contributed by atoms with van der Waals surface area (Å²) < 4.78 is 0. The number of nitrogens with one attached hydrogen (secondary N) is 5. The van der Waals surface area contributed by atoms with Crippen LogP contribution in [0.4, 0.5) is 0 Å². The molecule has 4 atom stereocenters. The average Bonchev–Trinajstić information content (AvgIpc) is 3.17. The molecule has 4 amide bonds. The van der Waals surface area contributed by atoms with Crippen molar-refractivity contribution in [3.63, 3.8) is 0 Å². The monoisotopic (exact) mass is 842 g/mol. The molecule has 0 aliphatic heterocycles. The number of aliphatic carboxylic acids is 4. The topological polar surface area (TPSA) is 295 Å². The summed E-state index contributed by atoms with van der Waals surface area (Å²) in [6.07, 6.45) is 14.7. The molecule has 0 spiro atoms. The van der Waals surface area contributed by atoms with Gasteiger partial charge < -0.3 is 47.0 Å². The van der Waals surface area contributed by atoms with Crippen LogP contribution in [0.3, 0.4) is 0 Å². The number of likely N-dealkylation sites (N-methyl/N-ethyl adjacent to an activating group) is 1. The normalized spacial score (nSPS) is 13.0. The maximum atomic E-state index is 12.5. The van der Waals surface area contributed by atoms with Crippen molar-refractivity contribution < 1.29 is 63.6 Å². The lowest BCUT2D eigenvalue weighted by atomic mass is 10.0. The first-order valence-electron chi connectivity index (χ1n) is 21.3. The first kappa shape index (κ1) is 54.4. The van der Waals surface area contributed by atoms with Gasteiger partial charge in [-0.25, -0.2) is 14.4 Å². The quantitative estimate of drug-likeness (QED) is 0.0398. The molecule has 0 aromatic carbocycles. The Bertz CT molecular complexity index is 1310. The molecule has 9 N–H and O–H groups in total. The van der Waals surface area contributed by atoms with E-state index < -0.39 is 84.9 Å². The summed E-state index contributed by atoms with van der Waals surface area (Å²) in [4.78, 5) is 107. The van der Waals surface area contributed by atoms with Gasteiger partial charge in [-0.05, 0) is 65.3 Å². The van der Waals surface area contributed by atoms with Crippen molar-refractivity contribution in [3.8, 4) is 0 Å². The summed E-state index contributed by atoms with van der Waals surface area (Å²) in [6.45, 7) is 1.82. The Kier molecular flexibility index (Phi) is 31.6. The molecule has 0 bridgehead atoms. The van der Waals surface area contributed by atoms with Gasteiger partial charge in [0.25, 0.3) is 0 Å². The molecule has 0 fully saturated rings. The third-order valence-corrected chi connectivity index (χ3v) is 10.0. The molecule has 0 saturated heterocycles. The summed E-state index contributed by atoms with van der Waals surface area (Å²) in [5.74, 6) is -7.41. The molecule has 338 valence electrons. The molecular weight excluding hydrogens is 770 g/mol. The van der Waals surface area contributed by atoms with E-state index in [9.17, 15) is 58.5 Å². The number of hydrogen-bond acceptors (Lipinski definition) is 10. The standard InChI is InChI=1S/C41H71N5O13/c1-29(47)30(42-2)19-17-18-28-43-34(48)25-22-31(39(54)55)45-36(50)27-24-33(41(58)59)46-37(51)26-23-32(40(56)57)44-35(49)20-15-13-11-9-7-5-3-4-6-8-10-12-14-16-21-38(52)53/h30-33,42H,3-28H2,1-2H3,(H,43,48)(H,44,49)(H,45,50)(H,46,51)(H,52,53)(H,54,55)(H,56,57)(H,58,59)/t30?,31-,32-,33-/m0/s1. The van der Waals surface area contributed by atoms with Gasteiger partial charge in [0.05, 0.1) is 6.04 Å². The molecule has 0 aliphatic carbocycles. The van der Waals surface area contributed by atoms with Gasteiger partial charge in [-0.3, -0.25) is 28.8 Å². The van der Waals surface area contributed by atoms with Gasteiger partial charge >= 0.3 is 23.9 Å². The van der Waals surface area contributed by atoms with Gasteiger partial charge in [0.1, 0.15) is 23.9 Å². The molecule has 1 unspecified atom stereocenters. The van der Waals surface area contributed by atoms with Gasteiger partial charge in [0, 0.05) is 38.6 Å². The predicted molar refractivity (Wildman–Crippen MR) is 218 cm³/mol. The lowest BCUT2D eigenvalue weighted by molar-refractivity contribution is -0.144. The zero-order chi connectivity index (χ0) is 44.4. The summed E-state index contributed by atoms with van der Waals surface area (Å²) in [5.41, 5.74) is 0. The number of carboxylic acids is 4. The van der Waals surface area contributed by atoms with Crippen molar-refractivity contribution in [3.05, 3.63) is 0 Å². The van der Waals surface area contributed by atoms with Crippen molar-refractivity contribution in [1.82, 2.24) is 26.6 Å². The van der Waals surface area contributed by atoms with Crippen molar-refractivity contribution in [1.29, 1.82) is 0 Å². The SMILES string of the molecule is CNC(CCCCNC(=O)CC[C@H](NC(=O)CC[C@H](NC(=O)CC[C@H](NC(=O)CCCCCCCCCCCCCCCCC(=O)O)C(=O)O)C(=O)O)C(=O)O)C(C)=O. The summed E-state index contributed by atoms with van der Waals surface area (Å²) >= 11 is 0. The largest absolute Gasteiger partial charge is 0.481 e. The van der Waals surface area contributed by atoms with Crippen molar-refractivity contribution in [2.75, 3.05) is 13.6 Å². The number of carbonyl (C=O) groups excluding carboxylic acids is 5. The molecular formula is C41H71N5O13. The number of amides is 4. The number of ketones is 1. The van der Waals surface area contributed by atoms with Crippen LogP contribution in [-0.4, -0.2) is 111 Å². The molecule has 0 rings (SSSR count). The van der Waals surface area contributed by atoms with E-state index in [2.05, 4.69) is 26.6 Å². The van der Waals surface area contributed by atoms with Gasteiger partial charge in [0.2, 0.25) is 23.6 Å². The van der Waals surface area contributed by atoms with Gasteiger partial charge in [-0.1, -0.05) is 77.0 Å². The second-order valence-electron chi connectivity index (χ2n) is 15.1. The van der Waals surface area contributed by atoms with Crippen LogP contribution < -0.4 is 26.6 Å². The lowest BCUT2D eigenvalue weighted by Gasteiger charge is -2.18. The van der Waals surface area contributed by atoms with Crippen LogP contribution in [0.25, 0.3) is 0 Å². The number of Topliss-reactive ketones (excluding diaryl/α,β-unsaturated/α-hetero) is 1. The van der Waals surface area contributed by atoms with Crippen LogP contribution in [0.2, 0.25) is 0 Å². The Morgan fingerprint density at radius 1 is 0.390 bits per heavy atom. The van der Waals surface area contributed by atoms with E-state index in [1.54, 1.807) is 7.05 Å². The lowest BCUT2D eigenvalue weighted by Crippen LogP contribution is -2.45. The van der Waals surface area contributed by atoms with E-state index >= 15 is 0 Å². The first-order valence-corrected chi connectivity index (χ1v) is 21.3. The minimum atomic E-state index is -1.53. The van der Waals surface area contributed by atoms with Crippen molar-refractivity contribution in [2.45, 2.75) is 192 Å². The van der Waals surface area contributed by atoms with Gasteiger partial charge in [-0.2, -0.15) is 0 Å². The Balaban J connectivity index is 4.37. The van der Waals surface area contributed by atoms with E-state index in [1.165, 1.54) is 32.6 Å². The highest BCUT2D eigenvalue weighted by Crippen LogP contribution is 2.14. The molecule has 0 heterocycles. The fraction of sp³-hybridized carbons (Fsp3) is 0.780. The number of carboxylic acid groups (broad SMARTS) is 4. The molecule has 18 heteroatoms. The fourth-order valence-electron chi connectivity index (χ4n) is 6.42. The van der Waals surface area contributed by atoms with E-state index in [0.717, 1.165) is 57.8 Å². The number of unbranched alkanes of at least 4 members (excludes halogenated alkanes) is 14. The Labute approximate surface area is 348 Å². The zero-order valence-corrected chi connectivity index (χ0v) is 35.2. The van der Waals surface area contributed by atoms with E-state index in [0.29, 0.717) is 32.2 Å². The number of carbonyl (C=O) groups is 9. The highest BCUT2D eigenvalue weighted by Gasteiger charge is 2.26. The number of rotatable bonds is 39. The van der Waals surface area contributed by atoms with Crippen molar-refractivity contribution in [2.24, 2.45) is 0 Å². The third kappa shape index (κ3) is 31.0. The molecule has 0 radical (unpaired) electrons. The summed E-state index contributed by atoms with van der Waals surface area (Å²) in [5, 5.41) is 49.8. The van der Waals surface area contributed by atoms with Crippen LogP contribution >= 0.6 is 0 Å². The maximum absolute atomic E-state index is 12.5. The zero-order valence-electron chi connectivity index (χ0n) is 35.2. The minimum absolute atomic E-state index is 0.0185. The Hall–Kier alpha value is -4.61. The maximum Gasteiger partial charge on any atom is 0.326 e. The highest BCUT2D eigenvalue weighted by molar-refractivity contribution is 5.87. The Morgan fingerprint density at radius 2 is 0.729 bits per heavy atom. The minimum Gasteiger partial charge on any atom is -0.481 e. The highest BCUT2D eigenvalue weighted by atomic mass is 16.4. The second-order valence-corrected chi connectivity index (χ2v) is 15.1. The van der Waals surface area contributed by atoms with Gasteiger partial charge in [0.15, 0.2) is 0 Å². The molecule has 0 aromatic rings. The van der Waals surface area contributed by atoms with Crippen molar-refractivity contribution >= 4 is 53.3 Å². The smallest absolute Gasteiger partial charge is 0.326 e. The van der Waals surface area contributed by atoms with E-state index in [-0.39, 0.29) is 43.9 Å². The molecule has 18 nitrogen and oxygen atoms in total. The predicted octanol–water partition coefficient (Wildman–Crippen LogP) is 3.82. The van der Waals surface area contributed by atoms with Crippen LogP contribution in [-0.2, 0) is 43.2 Å². The first-order chi connectivity index (χ1) is 28.1. The van der Waals surface area contributed by atoms with E-state index in [4.69, 9.17) is 5.11 Å². The third-order valence-electron chi connectivity index (χ3n) is 10.0. The second kappa shape index (κ2) is 34.3. The number of hydrogen-bond donors (Lipinski definition) is 9. The Morgan fingerprint density at radius 3 is 1.07 bits per heavy atom. The van der Waals surface area contributed by atoms with Gasteiger partial charge in [-0.15, -0.1) is 0 Å². The summed E-state index contributed by atoms with van der Waals surface area (Å²) in [6, 6.07) is -4.57. The fourth-order valence-corrected chi connectivity index (χ4v) is 6.42. The summed E-state index contributed by atoms with van der Waals surface area (Å²) in [7, 11) is 1.69. The van der Waals surface area contributed by atoms with E-state index in [1.807, 2.05) is 0 Å². The molecule has 0 saturated carbocycles.